The molecule has 0 unspecified atom stereocenters. The molecular weight excluding hydrogens is 496 g/mol. The first-order chi connectivity index (χ1) is 18.9. The fraction of sp³-hybridized carbons (Fsp3) is 0.290. The van der Waals surface area contributed by atoms with E-state index in [9.17, 15) is 9.59 Å². The summed E-state index contributed by atoms with van der Waals surface area (Å²) in [5, 5.41) is 0.833. The number of hydrogen-bond donors (Lipinski definition) is 1. The van der Waals surface area contributed by atoms with Crippen molar-refractivity contribution in [2.45, 2.75) is 34.2 Å². The number of aromatic amines is 1. The van der Waals surface area contributed by atoms with Crippen LogP contribution in [-0.2, 0) is 6.54 Å². The van der Waals surface area contributed by atoms with Crippen LogP contribution in [0.25, 0.3) is 10.9 Å². The van der Waals surface area contributed by atoms with Crippen molar-refractivity contribution in [1.82, 2.24) is 4.98 Å². The molecule has 39 heavy (non-hydrogen) atoms. The van der Waals surface area contributed by atoms with Crippen molar-refractivity contribution in [3.63, 3.8) is 0 Å². The number of carbonyl (C=O) groups is 1. The van der Waals surface area contributed by atoms with Gasteiger partial charge in [-0.3, -0.25) is 9.59 Å². The normalized spacial score (nSPS) is 10.8. The molecule has 4 aromatic rings. The van der Waals surface area contributed by atoms with E-state index in [1.54, 1.807) is 36.3 Å². The molecule has 0 spiro atoms. The second-order valence-corrected chi connectivity index (χ2v) is 8.90. The lowest BCUT2D eigenvalue weighted by Crippen LogP contribution is -2.33. The van der Waals surface area contributed by atoms with Crippen molar-refractivity contribution in [3.05, 3.63) is 87.7 Å². The summed E-state index contributed by atoms with van der Waals surface area (Å²) in [5.41, 5.74) is 2.89. The van der Waals surface area contributed by atoms with Gasteiger partial charge in [0.2, 0.25) is 5.75 Å². The van der Waals surface area contributed by atoms with Gasteiger partial charge in [0.1, 0.15) is 5.75 Å². The second-order valence-electron chi connectivity index (χ2n) is 8.90. The van der Waals surface area contributed by atoms with Crippen molar-refractivity contribution >= 4 is 22.5 Å². The van der Waals surface area contributed by atoms with Crippen molar-refractivity contribution in [2.24, 2.45) is 0 Å². The summed E-state index contributed by atoms with van der Waals surface area (Å²) >= 11 is 0. The average Bonchev–Trinajstić information content (AvgIpc) is 2.93. The van der Waals surface area contributed by atoms with E-state index in [0.717, 1.165) is 10.9 Å². The van der Waals surface area contributed by atoms with Gasteiger partial charge in [-0.15, -0.1) is 0 Å². The zero-order valence-corrected chi connectivity index (χ0v) is 23.0. The van der Waals surface area contributed by atoms with Crippen LogP contribution in [0.5, 0.6) is 23.0 Å². The third kappa shape index (κ3) is 6.17. The molecule has 3 aromatic carbocycles. The highest BCUT2D eigenvalue weighted by Crippen LogP contribution is 2.40. The summed E-state index contributed by atoms with van der Waals surface area (Å²) in [5.74, 6) is 1.65. The van der Waals surface area contributed by atoms with Gasteiger partial charge in [-0.1, -0.05) is 17.7 Å². The lowest BCUT2D eigenvalue weighted by atomic mass is 10.1. The lowest BCUT2D eigenvalue weighted by Gasteiger charge is -2.24. The predicted molar refractivity (Wildman–Crippen MR) is 153 cm³/mol. The number of nitrogens with one attached hydrogen (secondary N) is 1. The van der Waals surface area contributed by atoms with E-state index in [-0.39, 0.29) is 18.0 Å². The number of pyridine rings is 1. The minimum atomic E-state index is -0.307. The first kappa shape index (κ1) is 27.6. The number of nitrogens with zero attached hydrogens (tertiary/aromatic N) is 1. The molecule has 204 valence electrons. The van der Waals surface area contributed by atoms with Crippen LogP contribution < -0.4 is 29.4 Å². The van der Waals surface area contributed by atoms with Gasteiger partial charge in [-0.25, -0.2) is 0 Å². The molecule has 0 atom stereocenters. The molecule has 0 saturated carbocycles. The Morgan fingerprint density at radius 2 is 1.49 bits per heavy atom. The predicted octanol–water partition coefficient (Wildman–Crippen LogP) is 5.89. The molecule has 1 heterocycles. The highest BCUT2D eigenvalue weighted by Gasteiger charge is 2.24. The van der Waals surface area contributed by atoms with Gasteiger partial charge in [0.25, 0.3) is 11.5 Å². The molecular formula is C31H34N2O6. The SMILES string of the molecule is CCOc1cc(C(=O)N(Cc2cc3ccc(OC)cc3[nH]c2=O)c2ccc(C)cc2)cc(OCC)c1OCC. The monoisotopic (exact) mass is 530 g/mol. The summed E-state index contributed by atoms with van der Waals surface area (Å²) in [6, 6.07) is 18.2. The van der Waals surface area contributed by atoms with Crippen molar-refractivity contribution in [2.75, 3.05) is 31.8 Å². The van der Waals surface area contributed by atoms with Crippen molar-refractivity contribution < 1.29 is 23.7 Å². The maximum absolute atomic E-state index is 14.1. The number of H-pyrrole nitrogens is 1. The number of benzene rings is 3. The van der Waals surface area contributed by atoms with E-state index in [1.165, 1.54) is 0 Å². The third-order valence-electron chi connectivity index (χ3n) is 6.21. The number of methoxy groups -OCH3 is 1. The number of aryl methyl sites for hydroxylation is 1. The number of carbonyl (C=O) groups excluding carboxylic acids is 1. The van der Waals surface area contributed by atoms with Gasteiger partial charge in [-0.05, 0) is 75.5 Å². The van der Waals surface area contributed by atoms with Gasteiger partial charge in [-0.2, -0.15) is 0 Å². The van der Waals surface area contributed by atoms with E-state index >= 15 is 0 Å². The Morgan fingerprint density at radius 3 is 2.08 bits per heavy atom. The number of aromatic nitrogens is 1. The molecule has 1 N–H and O–H groups in total. The lowest BCUT2D eigenvalue weighted by molar-refractivity contribution is 0.0984. The van der Waals surface area contributed by atoms with E-state index < -0.39 is 0 Å². The van der Waals surface area contributed by atoms with Crippen LogP contribution in [0.15, 0.2) is 65.5 Å². The van der Waals surface area contributed by atoms with Crippen LogP contribution >= 0.6 is 0 Å². The number of amides is 1. The van der Waals surface area contributed by atoms with Crippen LogP contribution in [-0.4, -0.2) is 37.8 Å². The Morgan fingerprint density at radius 1 is 0.846 bits per heavy atom. The van der Waals surface area contributed by atoms with Gasteiger partial charge in [0, 0.05) is 22.9 Å². The molecule has 0 bridgehead atoms. The van der Waals surface area contributed by atoms with Crippen LogP contribution in [0.1, 0.15) is 42.3 Å². The molecule has 0 aliphatic heterocycles. The largest absolute Gasteiger partial charge is 0.497 e. The Bertz CT molecular complexity index is 1480. The number of hydrogen-bond acceptors (Lipinski definition) is 6. The molecule has 0 radical (unpaired) electrons. The van der Waals surface area contributed by atoms with E-state index in [1.807, 2.05) is 64.1 Å². The Labute approximate surface area is 228 Å². The Hall–Kier alpha value is -4.46. The molecule has 8 nitrogen and oxygen atoms in total. The summed E-state index contributed by atoms with van der Waals surface area (Å²) in [6.45, 7) is 8.84. The summed E-state index contributed by atoms with van der Waals surface area (Å²) < 4.78 is 22.7. The quantitative estimate of drug-likeness (QED) is 0.260. The van der Waals surface area contributed by atoms with Gasteiger partial charge in [0.15, 0.2) is 11.5 Å². The molecule has 0 saturated heterocycles. The summed E-state index contributed by atoms with van der Waals surface area (Å²) in [4.78, 5) is 31.7. The number of ether oxygens (including phenoxy) is 4. The molecule has 0 aliphatic carbocycles. The molecule has 0 fully saturated rings. The van der Waals surface area contributed by atoms with Crippen molar-refractivity contribution in [3.8, 4) is 23.0 Å². The highest BCUT2D eigenvalue weighted by molar-refractivity contribution is 6.07. The maximum Gasteiger partial charge on any atom is 0.258 e. The molecule has 0 aliphatic rings. The molecule has 1 amide bonds. The van der Waals surface area contributed by atoms with Gasteiger partial charge in [0.05, 0.1) is 39.0 Å². The van der Waals surface area contributed by atoms with E-state index in [2.05, 4.69) is 4.98 Å². The first-order valence-corrected chi connectivity index (χ1v) is 13.0. The zero-order chi connectivity index (χ0) is 27.9. The Balaban J connectivity index is 1.81. The summed E-state index contributed by atoms with van der Waals surface area (Å²) in [7, 11) is 1.58. The van der Waals surface area contributed by atoms with Gasteiger partial charge < -0.3 is 28.8 Å². The Kier molecular flexibility index (Phi) is 8.76. The summed E-state index contributed by atoms with van der Waals surface area (Å²) in [6.07, 6.45) is 0. The molecule has 8 heteroatoms. The average molecular weight is 531 g/mol. The third-order valence-corrected chi connectivity index (χ3v) is 6.21. The topological polar surface area (TPSA) is 90.1 Å². The minimum absolute atomic E-state index is 0.0559. The smallest absolute Gasteiger partial charge is 0.258 e. The second kappa shape index (κ2) is 12.4. The van der Waals surface area contributed by atoms with Crippen LogP contribution in [0.2, 0.25) is 0 Å². The molecule has 4 rings (SSSR count). The van der Waals surface area contributed by atoms with E-state index in [0.29, 0.717) is 65.1 Å². The standard InChI is InChI=1S/C31H34N2O6/c1-6-37-27-16-22(17-28(38-7-2)29(27)39-8-3)31(35)33(24-12-9-20(4)10-13-24)19-23-15-21-11-14-25(36-5)18-26(21)32-30(23)34/h9-18H,6-8,19H2,1-5H3,(H,32,34). The van der Waals surface area contributed by atoms with Gasteiger partial charge >= 0.3 is 0 Å². The fourth-order valence-electron chi connectivity index (χ4n) is 4.31. The fourth-order valence-corrected chi connectivity index (χ4v) is 4.31. The number of fused-ring (bicyclic) bond motifs is 1. The van der Waals surface area contributed by atoms with Crippen LogP contribution in [0.4, 0.5) is 5.69 Å². The minimum Gasteiger partial charge on any atom is -0.497 e. The maximum atomic E-state index is 14.1. The zero-order valence-electron chi connectivity index (χ0n) is 23.0. The van der Waals surface area contributed by atoms with E-state index in [4.69, 9.17) is 18.9 Å². The van der Waals surface area contributed by atoms with Crippen molar-refractivity contribution in [1.29, 1.82) is 0 Å². The number of rotatable bonds is 11. The molecule has 1 aromatic heterocycles. The highest BCUT2D eigenvalue weighted by atomic mass is 16.5. The van der Waals surface area contributed by atoms with Crippen LogP contribution in [0.3, 0.4) is 0 Å². The number of anilines is 1. The van der Waals surface area contributed by atoms with Crippen LogP contribution in [0, 0.1) is 6.92 Å². The first-order valence-electron chi connectivity index (χ1n) is 13.0.